The largest absolute Gasteiger partial charge is 0.480 e. The number of aliphatic carboxylic acids is 1. The minimum atomic E-state index is -0.899. The van der Waals surface area contributed by atoms with E-state index >= 15 is 0 Å². The topological polar surface area (TPSA) is 73.1 Å². The fourth-order valence-electron chi connectivity index (χ4n) is 1.59. The Bertz CT molecular complexity index is 480. The molecular weight excluding hydrogens is 252 g/mol. The second-order valence-corrected chi connectivity index (χ2v) is 4.88. The van der Waals surface area contributed by atoms with Gasteiger partial charge in [-0.15, -0.1) is 0 Å². The number of benzene rings is 1. The quantitative estimate of drug-likeness (QED) is 0.859. The highest BCUT2D eigenvalue weighted by Crippen LogP contribution is 2.21. The molecule has 5 heteroatoms. The van der Waals surface area contributed by atoms with E-state index in [1.54, 1.807) is 18.2 Å². The van der Waals surface area contributed by atoms with E-state index in [0.29, 0.717) is 22.7 Å². The van der Waals surface area contributed by atoms with Crippen molar-refractivity contribution in [2.45, 2.75) is 26.3 Å². The maximum atomic E-state index is 11.1. The van der Waals surface area contributed by atoms with Crippen LogP contribution >= 0.6 is 11.6 Å². The number of anilines is 1. The molecule has 0 saturated heterocycles. The van der Waals surface area contributed by atoms with Gasteiger partial charge < -0.3 is 10.4 Å². The Kier molecular flexibility index (Phi) is 4.99. The van der Waals surface area contributed by atoms with Crippen molar-refractivity contribution in [2.24, 2.45) is 5.92 Å². The number of halogens is 1. The van der Waals surface area contributed by atoms with Crippen LogP contribution in [0.15, 0.2) is 18.2 Å². The first-order valence-corrected chi connectivity index (χ1v) is 6.00. The maximum Gasteiger partial charge on any atom is 0.326 e. The van der Waals surface area contributed by atoms with Crippen molar-refractivity contribution in [2.75, 3.05) is 5.32 Å². The maximum absolute atomic E-state index is 11.1. The van der Waals surface area contributed by atoms with Crippen molar-refractivity contribution in [3.8, 4) is 6.07 Å². The predicted molar refractivity (Wildman–Crippen MR) is 70.7 cm³/mol. The average Bonchev–Trinajstić information content (AvgIpc) is 2.27. The molecule has 0 unspecified atom stereocenters. The Hall–Kier alpha value is -1.73. The number of carbonyl (C=O) groups is 1. The van der Waals surface area contributed by atoms with E-state index in [2.05, 4.69) is 5.32 Å². The lowest BCUT2D eigenvalue weighted by molar-refractivity contribution is -0.138. The highest BCUT2D eigenvalue weighted by Gasteiger charge is 2.18. The zero-order valence-electron chi connectivity index (χ0n) is 10.3. The second-order valence-electron chi connectivity index (χ2n) is 4.47. The van der Waals surface area contributed by atoms with E-state index in [1.807, 2.05) is 19.9 Å². The van der Waals surface area contributed by atoms with Gasteiger partial charge >= 0.3 is 5.97 Å². The van der Waals surface area contributed by atoms with E-state index in [9.17, 15) is 4.79 Å². The molecule has 0 bridgehead atoms. The Morgan fingerprint density at radius 2 is 2.22 bits per heavy atom. The van der Waals surface area contributed by atoms with Crippen molar-refractivity contribution in [1.29, 1.82) is 5.26 Å². The summed E-state index contributed by atoms with van der Waals surface area (Å²) in [6.07, 6.45) is 0.521. The van der Waals surface area contributed by atoms with Crippen LogP contribution in [0.25, 0.3) is 0 Å². The molecule has 0 aliphatic carbocycles. The number of carboxylic acids is 1. The summed E-state index contributed by atoms with van der Waals surface area (Å²) in [4.78, 5) is 11.1. The highest BCUT2D eigenvalue weighted by molar-refractivity contribution is 6.32. The standard InChI is InChI=1S/C13H15ClN2O2/c1-8(2)5-12(13(17)18)16-10-4-3-9(7-15)11(14)6-10/h3-4,6,8,12,16H,5H2,1-2H3,(H,17,18)/t12-/m0/s1. The van der Waals surface area contributed by atoms with Gasteiger partial charge in [-0.05, 0) is 30.5 Å². The first-order valence-electron chi connectivity index (χ1n) is 5.63. The molecule has 0 saturated carbocycles. The summed E-state index contributed by atoms with van der Waals surface area (Å²) in [5, 5.41) is 21.1. The van der Waals surface area contributed by atoms with Gasteiger partial charge in [0.25, 0.3) is 0 Å². The average molecular weight is 267 g/mol. The van der Waals surface area contributed by atoms with Gasteiger partial charge in [0, 0.05) is 5.69 Å². The molecule has 96 valence electrons. The molecule has 0 aliphatic heterocycles. The van der Waals surface area contributed by atoms with E-state index < -0.39 is 12.0 Å². The molecule has 0 spiro atoms. The Morgan fingerprint density at radius 3 is 2.67 bits per heavy atom. The molecule has 1 atom stereocenters. The molecule has 0 fully saturated rings. The van der Waals surface area contributed by atoms with Gasteiger partial charge in [-0.2, -0.15) is 5.26 Å². The molecule has 0 aliphatic rings. The van der Waals surface area contributed by atoms with Crippen LogP contribution in [-0.4, -0.2) is 17.1 Å². The molecule has 1 aromatic carbocycles. The summed E-state index contributed by atoms with van der Waals surface area (Å²) < 4.78 is 0. The lowest BCUT2D eigenvalue weighted by atomic mass is 10.0. The molecular formula is C13H15ClN2O2. The monoisotopic (exact) mass is 266 g/mol. The number of hydrogen-bond donors (Lipinski definition) is 2. The normalized spacial score (nSPS) is 11.9. The van der Waals surface area contributed by atoms with E-state index in [0.717, 1.165) is 0 Å². The summed E-state index contributed by atoms with van der Waals surface area (Å²) >= 11 is 5.89. The predicted octanol–water partition coefficient (Wildman–Crippen LogP) is 3.12. The van der Waals surface area contributed by atoms with Crippen LogP contribution in [0.2, 0.25) is 5.02 Å². The number of nitriles is 1. The van der Waals surface area contributed by atoms with Gasteiger partial charge in [-0.1, -0.05) is 25.4 Å². The summed E-state index contributed by atoms with van der Waals surface area (Å²) in [5.74, 6) is -0.628. The summed E-state index contributed by atoms with van der Waals surface area (Å²) in [5.41, 5.74) is 0.977. The number of rotatable bonds is 5. The van der Waals surface area contributed by atoms with E-state index in [-0.39, 0.29) is 5.92 Å². The first-order chi connectivity index (χ1) is 8.43. The Morgan fingerprint density at radius 1 is 1.56 bits per heavy atom. The van der Waals surface area contributed by atoms with Gasteiger partial charge in [-0.3, -0.25) is 0 Å². The fraction of sp³-hybridized carbons (Fsp3) is 0.385. The van der Waals surface area contributed by atoms with Crippen LogP contribution < -0.4 is 5.32 Å². The molecule has 1 rings (SSSR count). The van der Waals surface area contributed by atoms with E-state index in [1.165, 1.54) is 0 Å². The summed E-state index contributed by atoms with van der Waals surface area (Å²) in [7, 11) is 0. The van der Waals surface area contributed by atoms with Crippen molar-refractivity contribution >= 4 is 23.3 Å². The minimum Gasteiger partial charge on any atom is -0.480 e. The van der Waals surface area contributed by atoms with Crippen LogP contribution in [-0.2, 0) is 4.79 Å². The molecule has 18 heavy (non-hydrogen) atoms. The molecule has 2 N–H and O–H groups in total. The summed E-state index contributed by atoms with van der Waals surface area (Å²) in [6, 6.07) is 6.08. The SMILES string of the molecule is CC(C)C[C@H](Nc1ccc(C#N)c(Cl)c1)C(=O)O. The van der Waals surface area contributed by atoms with Crippen LogP contribution in [0.5, 0.6) is 0 Å². The molecule has 4 nitrogen and oxygen atoms in total. The third-order valence-corrected chi connectivity index (χ3v) is 2.75. The van der Waals surface area contributed by atoms with Crippen molar-refractivity contribution in [3.05, 3.63) is 28.8 Å². The zero-order valence-corrected chi connectivity index (χ0v) is 11.0. The smallest absolute Gasteiger partial charge is 0.326 e. The Labute approximate surface area is 111 Å². The van der Waals surface area contributed by atoms with Gasteiger partial charge in [0.1, 0.15) is 12.1 Å². The lowest BCUT2D eigenvalue weighted by Gasteiger charge is -2.17. The molecule has 0 amide bonds. The van der Waals surface area contributed by atoms with Crippen LogP contribution in [0.3, 0.4) is 0 Å². The van der Waals surface area contributed by atoms with Gasteiger partial charge in [0.2, 0.25) is 0 Å². The van der Waals surface area contributed by atoms with Crippen molar-refractivity contribution < 1.29 is 9.90 Å². The third-order valence-electron chi connectivity index (χ3n) is 2.44. The highest BCUT2D eigenvalue weighted by atomic mass is 35.5. The Balaban J connectivity index is 2.85. The molecule has 0 heterocycles. The minimum absolute atomic E-state index is 0.271. The number of nitrogens with one attached hydrogen (secondary N) is 1. The molecule has 0 radical (unpaired) electrons. The molecule has 0 aromatic heterocycles. The fourth-order valence-corrected chi connectivity index (χ4v) is 1.81. The second kappa shape index (κ2) is 6.27. The van der Waals surface area contributed by atoms with Crippen molar-refractivity contribution in [1.82, 2.24) is 0 Å². The lowest BCUT2D eigenvalue weighted by Crippen LogP contribution is -2.30. The number of carboxylic acid groups (broad SMARTS) is 1. The van der Waals surface area contributed by atoms with Gasteiger partial charge in [0.05, 0.1) is 10.6 Å². The van der Waals surface area contributed by atoms with Gasteiger partial charge in [0.15, 0.2) is 0 Å². The van der Waals surface area contributed by atoms with Gasteiger partial charge in [-0.25, -0.2) is 4.79 Å². The first kappa shape index (κ1) is 14.3. The van der Waals surface area contributed by atoms with Crippen LogP contribution in [0.1, 0.15) is 25.8 Å². The van der Waals surface area contributed by atoms with Crippen LogP contribution in [0, 0.1) is 17.2 Å². The van der Waals surface area contributed by atoms with Crippen molar-refractivity contribution in [3.63, 3.8) is 0 Å². The van der Waals surface area contributed by atoms with Crippen LogP contribution in [0.4, 0.5) is 5.69 Å². The zero-order chi connectivity index (χ0) is 13.7. The number of hydrogen-bond acceptors (Lipinski definition) is 3. The third kappa shape index (κ3) is 3.94. The molecule has 1 aromatic rings. The summed E-state index contributed by atoms with van der Waals surface area (Å²) in [6.45, 7) is 3.92. The number of nitrogens with zero attached hydrogens (tertiary/aromatic N) is 1. The van der Waals surface area contributed by atoms with E-state index in [4.69, 9.17) is 22.0 Å².